The van der Waals surface area contributed by atoms with Gasteiger partial charge in [0.1, 0.15) is 5.75 Å². The summed E-state index contributed by atoms with van der Waals surface area (Å²) in [7, 11) is 0. The maximum Gasteiger partial charge on any atom is 0.262 e. The van der Waals surface area contributed by atoms with E-state index in [0.717, 1.165) is 16.3 Å². The summed E-state index contributed by atoms with van der Waals surface area (Å²) < 4.78 is 7.42. The lowest BCUT2D eigenvalue weighted by atomic mass is 10.1. The standard InChI is InChI=1S/C23H21N3O2/c1-17-6-8-18(9-7-17)14-26-15-21(13-24-26)25-23(27)16-28-22-11-10-19-4-2-3-5-20(19)12-22/h2-13,15H,14,16H2,1H3,(H,25,27). The number of hydrogen-bond donors (Lipinski definition) is 1. The zero-order valence-corrected chi connectivity index (χ0v) is 15.6. The molecule has 1 N–H and O–H groups in total. The van der Waals surface area contributed by atoms with Crippen LogP contribution in [0.2, 0.25) is 0 Å². The largest absolute Gasteiger partial charge is 0.484 e. The molecule has 1 amide bonds. The molecule has 0 radical (unpaired) electrons. The van der Waals surface area contributed by atoms with Gasteiger partial charge in [0.05, 0.1) is 18.4 Å². The summed E-state index contributed by atoms with van der Waals surface area (Å²) in [4.78, 5) is 12.2. The van der Waals surface area contributed by atoms with E-state index in [1.165, 1.54) is 5.56 Å². The van der Waals surface area contributed by atoms with Crippen molar-refractivity contribution < 1.29 is 9.53 Å². The van der Waals surface area contributed by atoms with E-state index in [9.17, 15) is 4.79 Å². The Bertz CT molecular complexity index is 1100. The zero-order valence-electron chi connectivity index (χ0n) is 15.6. The Kier molecular flexibility index (Phi) is 5.06. The van der Waals surface area contributed by atoms with Gasteiger partial charge in [-0.25, -0.2) is 0 Å². The number of rotatable bonds is 6. The van der Waals surface area contributed by atoms with Crippen LogP contribution in [-0.4, -0.2) is 22.3 Å². The van der Waals surface area contributed by atoms with Crippen molar-refractivity contribution in [2.24, 2.45) is 0 Å². The Morgan fingerprint density at radius 1 is 1.04 bits per heavy atom. The first-order valence-corrected chi connectivity index (χ1v) is 9.15. The summed E-state index contributed by atoms with van der Waals surface area (Å²) in [5.41, 5.74) is 3.04. The van der Waals surface area contributed by atoms with Crippen molar-refractivity contribution in [1.82, 2.24) is 9.78 Å². The Labute approximate surface area is 163 Å². The highest BCUT2D eigenvalue weighted by Crippen LogP contribution is 2.20. The van der Waals surface area contributed by atoms with Crippen molar-refractivity contribution >= 4 is 22.4 Å². The van der Waals surface area contributed by atoms with Crippen LogP contribution in [0.4, 0.5) is 5.69 Å². The molecule has 4 rings (SSSR count). The Morgan fingerprint density at radius 2 is 1.82 bits per heavy atom. The maximum absolute atomic E-state index is 12.2. The summed E-state index contributed by atoms with van der Waals surface area (Å²) in [5, 5.41) is 9.34. The van der Waals surface area contributed by atoms with E-state index in [1.807, 2.05) is 48.7 Å². The highest BCUT2D eigenvalue weighted by Gasteiger charge is 2.07. The number of carbonyl (C=O) groups is 1. The molecule has 5 nitrogen and oxygen atoms in total. The molecule has 0 saturated carbocycles. The van der Waals surface area contributed by atoms with Gasteiger partial charge in [-0.2, -0.15) is 5.10 Å². The van der Waals surface area contributed by atoms with Crippen LogP contribution in [0.5, 0.6) is 5.75 Å². The lowest BCUT2D eigenvalue weighted by Crippen LogP contribution is -2.19. The molecule has 0 saturated heterocycles. The molecule has 1 heterocycles. The molecule has 5 heteroatoms. The van der Waals surface area contributed by atoms with Crippen LogP contribution >= 0.6 is 0 Å². The first kappa shape index (κ1) is 17.8. The Morgan fingerprint density at radius 3 is 2.64 bits per heavy atom. The van der Waals surface area contributed by atoms with Gasteiger partial charge in [-0.05, 0) is 35.4 Å². The number of anilines is 1. The molecular formula is C23H21N3O2. The van der Waals surface area contributed by atoms with Gasteiger partial charge in [-0.3, -0.25) is 9.48 Å². The van der Waals surface area contributed by atoms with Gasteiger partial charge in [0.25, 0.3) is 5.91 Å². The Balaban J connectivity index is 1.32. The molecule has 3 aromatic carbocycles. The van der Waals surface area contributed by atoms with E-state index in [4.69, 9.17) is 4.74 Å². The second-order valence-corrected chi connectivity index (χ2v) is 6.76. The van der Waals surface area contributed by atoms with Crippen LogP contribution in [-0.2, 0) is 11.3 Å². The lowest BCUT2D eigenvalue weighted by Gasteiger charge is -2.07. The summed E-state index contributed by atoms with van der Waals surface area (Å²) in [6, 6.07) is 22.1. The van der Waals surface area contributed by atoms with Crippen molar-refractivity contribution in [3.05, 3.63) is 90.3 Å². The average molecular weight is 371 g/mol. The lowest BCUT2D eigenvalue weighted by molar-refractivity contribution is -0.118. The van der Waals surface area contributed by atoms with Crippen LogP contribution in [0.25, 0.3) is 10.8 Å². The summed E-state index contributed by atoms with van der Waals surface area (Å²) in [6.45, 7) is 2.66. The van der Waals surface area contributed by atoms with Crippen LogP contribution < -0.4 is 10.1 Å². The second kappa shape index (κ2) is 7.96. The molecule has 1 aromatic heterocycles. The molecular weight excluding hydrogens is 350 g/mol. The van der Waals surface area contributed by atoms with Crippen molar-refractivity contribution in [2.75, 3.05) is 11.9 Å². The molecule has 0 aliphatic carbocycles. The number of aryl methyl sites for hydroxylation is 1. The number of nitrogens with one attached hydrogen (secondary N) is 1. The molecule has 4 aromatic rings. The molecule has 0 bridgehead atoms. The quantitative estimate of drug-likeness (QED) is 0.546. The number of aromatic nitrogens is 2. The summed E-state index contributed by atoms with van der Waals surface area (Å²) in [5.74, 6) is 0.451. The molecule has 0 aliphatic rings. The van der Waals surface area contributed by atoms with Crippen molar-refractivity contribution in [2.45, 2.75) is 13.5 Å². The number of benzene rings is 3. The highest BCUT2D eigenvalue weighted by atomic mass is 16.5. The third-order valence-corrected chi connectivity index (χ3v) is 4.47. The fourth-order valence-corrected chi connectivity index (χ4v) is 3.00. The molecule has 140 valence electrons. The monoisotopic (exact) mass is 371 g/mol. The first-order valence-electron chi connectivity index (χ1n) is 9.15. The van der Waals surface area contributed by atoms with Crippen molar-refractivity contribution in [1.29, 1.82) is 0 Å². The van der Waals surface area contributed by atoms with Gasteiger partial charge in [0.15, 0.2) is 6.61 Å². The third-order valence-electron chi connectivity index (χ3n) is 4.47. The predicted molar refractivity (Wildman–Crippen MR) is 111 cm³/mol. The van der Waals surface area contributed by atoms with E-state index in [2.05, 4.69) is 41.6 Å². The van der Waals surface area contributed by atoms with Gasteiger partial charge >= 0.3 is 0 Å². The van der Waals surface area contributed by atoms with Crippen molar-refractivity contribution in [3.8, 4) is 5.75 Å². The maximum atomic E-state index is 12.2. The van der Waals surface area contributed by atoms with Crippen LogP contribution in [0.15, 0.2) is 79.1 Å². The first-order chi connectivity index (χ1) is 13.7. The molecule has 0 atom stereocenters. The van der Waals surface area contributed by atoms with Gasteiger partial charge in [0, 0.05) is 6.20 Å². The highest BCUT2D eigenvalue weighted by molar-refractivity contribution is 5.91. The molecule has 0 spiro atoms. The number of carbonyl (C=O) groups excluding carboxylic acids is 1. The topological polar surface area (TPSA) is 56.2 Å². The van der Waals surface area contributed by atoms with Gasteiger partial charge in [-0.15, -0.1) is 0 Å². The zero-order chi connectivity index (χ0) is 19.3. The predicted octanol–water partition coefficient (Wildman–Crippen LogP) is 4.41. The Hall–Kier alpha value is -3.60. The third kappa shape index (κ3) is 4.38. The average Bonchev–Trinajstić information content (AvgIpc) is 3.14. The van der Waals surface area contributed by atoms with Gasteiger partial charge < -0.3 is 10.1 Å². The van der Waals surface area contributed by atoms with Crippen LogP contribution in [0.3, 0.4) is 0 Å². The summed E-state index contributed by atoms with van der Waals surface area (Å²) >= 11 is 0. The van der Waals surface area contributed by atoms with Gasteiger partial charge in [-0.1, -0.05) is 60.2 Å². The molecule has 0 fully saturated rings. The molecule has 0 aliphatic heterocycles. The minimum absolute atomic E-state index is 0.0541. The van der Waals surface area contributed by atoms with E-state index in [0.29, 0.717) is 18.0 Å². The number of nitrogens with zero attached hydrogens (tertiary/aromatic N) is 2. The molecule has 0 unspecified atom stereocenters. The fraction of sp³-hybridized carbons (Fsp3) is 0.130. The van der Waals surface area contributed by atoms with E-state index >= 15 is 0 Å². The van der Waals surface area contributed by atoms with E-state index in [-0.39, 0.29) is 12.5 Å². The van der Waals surface area contributed by atoms with E-state index in [1.54, 1.807) is 10.9 Å². The van der Waals surface area contributed by atoms with Crippen LogP contribution in [0, 0.1) is 6.92 Å². The summed E-state index contributed by atoms with van der Waals surface area (Å²) in [6.07, 6.45) is 3.45. The minimum atomic E-state index is -0.219. The number of ether oxygens (including phenoxy) is 1. The smallest absolute Gasteiger partial charge is 0.262 e. The molecule has 28 heavy (non-hydrogen) atoms. The normalized spacial score (nSPS) is 10.8. The SMILES string of the molecule is Cc1ccc(Cn2cc(NC(=O)COc3ccc4ccccc4c3)cn2)cc1. The van der Waals surface area contributed by atoms with Gasteiger partial charge in [0.2, 0.25) is 0 Å². The van der Waals surface area contributed by atoms with Crippen LogP contribution in [0.1, 0.15) is 11.1 Å². The number of amides is 1. The number of hydrogen-bond acceptors (Lipinski definition) is 3. The fourth-order valence-electron chi connectivity index (χ4n) is 3.00. The number of fused-ring (bicyclic) bond motifs is 1. The minimum Gasteiger partial charge on any atom is -0.484 e. The van der Waals surface area contributed by atoms with Crippen molar-refractivity contribution in [3.63, 3.8) is 0 Å². The second-order valence-electron chi connectivity index (χ2n) is 6.76. The van der Waals surface area contributed by atoms with E-state index < -0.39 is 0 Å².